The van der Waals surface area contributed by atoms with E-state index >= 15 is 0 Å². The fraction of sp³-hybridized carbons (Fsp3) is 0.533. The molecule has 6 nitrogen and oxygen atoms in total. The average molecular weight is 290 g/mol. The Bertz CT molecular complexity index is 619. The minimum absolute atomic E-state index is 0.409. The Morgan fingerprint density at radius 2 is 2.19 bits per heavy atom. The van der Waals surface area contributed by atoms with Crippen molar-refractivity contribution in [3.05, 3.63) is 30.1 Å². The molecule has 1 aliphatic heterocycles. The lowest BCUT2D eigenvalue weighted by molar-refractivity contribution is -0.0573. The number of hydrogen-bond donors (Lipinski definition) is 2. The fourth-order valence-electron chi connectivity index (χ4n) is 2.96. The van der Waals surface area contributed by atoms with Crippen LogP contribution in [0.1, 0.15) is 18.5 Å². The van der Waals surface area contributed by atoms with E-state index in [0.717, 1.165) is 17.2 Å². The Hall–Kier alpha value is -1.63. The van der Waals surface area contributed by atoms with E-state index in [0.29, 0.717) is 39.1 Å². The van der Waals surface area contributed by atoms with Crippen LogP contribution in [0, 0.1) is 0 Å². The molecule has 3 rings (SSSR count). The number of aliphatic hydroxyl groups is 1. The van der Waals surface area contributed by atoms with Crippen molar-refractivity contribution in [2.75, 3.05) is 31.7 Å². The Morgan fingerprint density at radius 3 is 2.90 bits per heavy atom. The van der Waals surface area contributed by atoms with Gasteiger partial charge in [-0.15, -0.1) is 0 Å². The molecule has 6 heteroatoms. The topological polar surface area (TPSA) is 76.0 Å². The van der Waals surface area contributed by atoms with Crippen molar-refractivity contribution in [2.24, 2.45) is 5.73 Å². The van der Waals surface area contributed by atoms with Gasteiger partial charge in [0.05, 0.1) is 11.3 Å². The summed E-state index contributed by atoms with van der Waals surface area (Å²) in [7, 11) is 1.95. The van der Waals surface area contributed by atoms with E-state index in [1.54, 1.807) is 0 Å². The summed E-state index contributed by atoms with van der Waals surface area (Å²) in [5.74, 6) is 0.837. The number of fused-ring (bicyclic) bond motifs is 1. The summed E-state index contributed by atoms with van der Waals surface area (Å²) in [5.41, 5.74) is 7.02. The first-order valence-electron chi connectivity index (χ1n) is 7.30. The molecule has 2 aromatic rings. The third-order valence-corrected chi connectivity index (χ3v) is 4.12. The molecular formula is C15H22N4O2. The summed E-state index contributed by atoms with van der Waals surface area (Å²) in [6.45, 7) is 2.16. The Kier molecular flexibility index (Phi) is 3.84. The van der Waals surface area contributed by atoms with Gasteiger partial charge in [0.1, 0.15) is 5.65 Å². The second-order valence-electron chi connectivity index (χ2n) is 5.71. The molecule has 1 saturated heterocycles. The molecule has 0 spiro atoms. The monoisotopic (exact) mass is 290 g/mol. The maximum Gasteiger partial charge on any atom is 0.152 e. The number of anilines is 1. The lowest BCUT2D eigenvalue weighted by Crippen LogP contribution is -2.46. The highest BCUT2D eigenvalue weighted by atomic mass is 16.5. The zero-order valence-corrected chi connectivity index (χ0v) is 12.3. The van der Waals surface area contributed by atoms with E-state index < -0.39 is 5.60 Å². The van der Waals surface area contributed by atoms with Gasteiger partial charge in [-0.05, 0) is 12.1 Å². The molecule has 2 aromatic heterocycles. The van der Waals surface area contributed by atoms with Gasteiger partial charge < -0.3 is 24.9 Å². The van der Waals surface area contributed by atoms with E-state index in [1.165, 1.54) is 0 Å². The molecule has 21 heavy (non-hydrogen) atoms. The zero-order valence-electron chi connectivity index (χ0n) is 12.3. The van der Waals surface area contributed by atoms with Gasteiger partial charge in [0, 0.05) is 52.4 Å². The van der Waals surface area contributed by atoms with Gasteiger partial charge in [0.25, 0.3) is 0 Å². The lowest BCUT2D eigenvalue weighted by atomic mass is 9.94. The van der Waals surface area contributed by atoms with Crippen molar-refractivity contribution in [3.8, 4) is 0 Å². The highest BCUT2D eigenvalue weighted by Gasteiger charge is 2.32. The third kappa shape index (κ3) is 2.74. The summed E-state index contributed by atoms with van der Waals surface area (Å²) < 4.78 is 7.33. The molecule has 0 aliphatic carbocycles. The van der Waals surface area contributed by atoms with Crippen molar-refractivity contribution in [2.45, 2.75) is 25.0 Å². The van der Waals surface area contributed by atoms with Gasteiger partial charge in [-0.1, -0.05) is 6.07 Å². The van der Waals surface area contributed by atoms with Crippen molar-refractivity contribution in [1.29, 1.82) is 0 Å². The number of likely N-dealkylation sites (N-methyl/N-ethyl adjacent to an activating group) is 1. The maximum absolute atomic E-state index is 10.7. The van der Waals surface area contributed by atoms with Crippen LogP contribution in [0.5, 0.6) is 0 Å². The van der Waals surface area contributed by atoms with E-state index in [-0.39, 0.29) is 0 Å². The molecule has 3 heterocycles. The second kappa shape index (κ2) is 5.63. The SMILES string of the molecule is CN(CC1(O)CCOCC1)c1nc2ccccn2c1CN. The molecule has 0 saturated carbocycles. The van der Waals surface area contributed by atoms with Crippen LogP contribution < -0.4 is 10.6 Å². The number of nitrogens with two attached hydrogens (primary N) is 1. The van der Waals surface area contributed by atoms with Gasteiger partial charge in [-0.3, -0.25) is 0 Å². The molecule has 1 fully saturated rings. The number of aromatic nitrogens is 2. The summed E-state index contributed by atoms with van der Waals surface area (Å²) in [6, 6.07) is 5.88. The van der Waals surface area contributed by atoms with Crippen LogP contribution in [-0.4, -0.2) is 46.9 Å². The van der Waals surface area contributed by atoms with E-state index in [4.69, 9.17) is 10.5 Å². The van der Waals surface area contributed by atoms with Crippen LogP contribution in [0.4, 0.5) is 5.82 Å². The Morgan fingerprint density at radius 1 is 1.43 bits per heavy atom. The fourth-order valence-corrected chi connectivity index (χ4v) is 2.96. The minimum atomic E-state index is -0.714. The third-order valence-electron chi connectivity index (χ3n) is 4.12. The Balaban J connectivity index is 1.88. The Labute approximate surface area is 124 Å². The molecule has 0 radical (unpaired) electrons. The van der Waals surface area contributed by atoms with Crippen LogP contribution in [0.15, 0.2) is 24.4 Å². The minimum Gasteiger partial charge on any atom is -0.388 e. The number of ether oxygens (including phenoxy) is 1. The van der Waals surface area contributed by atoms with Gasteiger partial charge in [0.2, 0.25) is 0 Å². The number of pyridine rings is 1. The van der Waals surface area contributed by atoms with Crippen molar-refractivity contribution >= 4 is 11.5 Å². The van der Waals surface area contributed by atoms with Crippen LogP contribution in [-0.2, 0) is 11.3 Å². The average Bonchev–Trinajstić information content (AvgIpc) is 2.86. The van der Waals surface area contributed by atoms with Crippen LogP contribution in [0.2, 0.25) is 0 Å². The molecular weight excluding hydrogens is 268 g/mol. The predicted octanol–water partition coefficient (Wildman–Crippen LogP) is 0.771. The number of nitrogens with zero attached hydrogens (tertiary/aromatic N) is 3. The van der Waals surface area contributed by atoms with Crippen LogP contribution in [0.25, 0.3) is 5.65 Å². The van der Waals surface area contributed by atoms with Gasteiger partial charge in [-0.2, -0.15) is 0 Å². The molecule has 0 atom stereocenters. The molecule has 114 valence electrons. The standard InChI is InChI=1S/C15H22N4O2/c1-18(11-15(20)5-8-21-9-6-15)14-12(10-16)19-7-3-2-4-13(19)17-14/h2-4,7,20H,5-6,8-11,16H2,1H3. The number of rotatable bonds is 4. The number of imidazole rings is 1. The van der Waals surface area contributed by atoms with Gasteiger partial charge >= 0.3 is 0 Å². The quantitative estimate of drug-likeness (QED) is 0.870. The predicted molar refractivity (Wildman–Crippen MR) is 81.4 cm³/mol. The summed E-state index contributed by atoms with van der Waals surface area (Å²) in [5, 5.41) is 10.7. The normalized spacial score (nSPS) is 18.0. The number of hydrogen-bond acceptors (Lipinski definition) is 5. The summed E-state index contributed by atoms with van der Waals surface area (Å²) in [4.78, 5) is 6.65. The molecule has 0 amide bonds. The molecule has 0 bridgehead atoms. The first-order chi connectivity index (χ1) is 10.1. The largest absolute Gasteiger partial charge is 0.388 e. The van der Waals surface area contributed by atoms with Crippen LogP contribution >= 0.6 is 0 Å². The highest BCUT2D eigenvalue weighted by Crippen LogP contribution is 2.26. The van der Waals surface area contributed by atoms with E-state index in [2.05, 4.69) is 4.98 Å². The van der Waals surface area contributed by atoms with Gasteiger partial charge in [-0.25, -0.2) is 4.98 Å². The zero-order chi connectivity index (χ0) is 14.9. The smallest absolute Gasteiger partial charge is 0.152 e. The molecule has 3 N–H and O–H groups in total. The van der Waals surface area contributed by atoms with Gasteiger partial charge in [0.15, 0.2) is 5.82 Å². The van der Waals surface area contributed by atoms with E-state index in [1.807, 2.05) is 40.7 Å². The molecule has 0 unspecified atom stereocenters. The van der Waals surface area contributed by atoms with E-state index in [9.17, 15) is 5.11 Å². The summed E-state index contributed by atoms with van der Waals surface area (Å²) >= 11 is 0. The van der Waals surface area contributed by atoms with Crippen molar-refractivity contribution in [1.82, 2.24) is 9.38 Å². The maximum atomic E-state index is 10.7. The van der Waals surface area contributed by atoms with Crippen molar-refractivity contribution in [3.63, 3.8) is 0 Å². The van der Waals surface area contributed by atoms with Crippen LogP contribution in [0.3, 0.4) is 0 Å². The lowest BCUT2D eigenvalue weighted by Gasteiger charge is -2.35. The second-order valence-corrected chi connectivity index (χ2v) is 5.71. The summed E-state index contributed by atoms with van der Waals surface area (Å²) in [6.07, 6.45) is 3.27. The highest BCUT2D eigenvalue weighted by molar-refractivity contribution is 5.55. The molecule has 0 aromatic carbocycles. The first-order valence-corrected chi connectivity index (χ1v) is 7.30. The van der Waals surface area contributed by atoms with Crippen molar-refractivity contribution < 1.29 is 9.84 Å². The molecule has 1 aliphatic rings. The first kappa shape index (κ1) is 14.3.